The van der Waals surface area contributed by atoms with Crippen molar-refractivity contribution in [3.8, 4) is 0 Å². The van der Waals surface area contributed by atoms with Crippen molar-refractivity contribution in [2.75, 3.05) is 13.2 Å². The van der Waals surface area contributed by atoms with Gasteiger partial charge in [-0.15, -0.1) is 0 Å². The van der Waals surface area contributed by atoms with E-state index in [0.717, 1.165) is 0 Å². The van der Waals surface area contributed by atoms with Crippen LogP contribution in [0.5, 0.6) is 0 Å². The second-order valence-electron chi connectivity index (χ2n) is 1.54. The number of hydrogen-bond donors (Lipinski definition) is 3. The highest BCUT2D eigenvalue weighted by Crippen LogP contribution is 2.08. The zero-order chi connectivity index (χ0) is 10.1. The van der Waals surface area contributed by atoms with Crippen molar-refractivity contribution < 1.29 is 32.9 Å². The summed E-state index contributed by atoms with van der Waals surface area (Å²) in [4.78, 5) is 0. The second kappa shape index (κ2) is 8.44. The molecule has 7 heteroatoms. The van der Waals surface area contributed by atoms with Crippen LogP contribution in [0.1, 0.15) is 0 Å². The lowest BCUT2D eigenvalue weighted by Crippen LogP contribution is -2.15. The number of aliphatic hydroxyl groups excluding tert-OH is 3. The van der Waals surface area contributed by atoms with Gasteiger partial charge in [-0.05, 0) is 0 Å². The number of rotatable bonds is 2. The van der Waals surface area contributed by atoms with E-state index in [1.807, 2.05) is 0 Å². The molecule has 0 aromatic rings. The van der Waals surface area contributed by atoms with Crippen molar-refractivity contribution in [2.24, 2.45) is 0 Å². The minimum Gasteiger partial charge on any atom is -0.394 e. The first-order valence-electron chi connectivity index (χ1n) is 2.71. The van der Waals surface area contributed by atoms with Crippen molar-refractivity contribution >= 4 is 0 Å². The molecule has 0 radical (unpaired) electrons. The van der Waals surface area contributed by atoms with Gasteiger partial charge < -0.3 is 15.3 Å². The van der Waals surface area contributed by atoms with Gasteiger partial charge in [-0.2, -0.15) is 17.6 Å². The topological polar surface area (TPSA) is 60.7 Å². The van der Waals surface area contributed by atoms with Gasteiger partial charge in [0.25, 0.3) is 0 Å². The molecule has 0 amide bonds. The minimum absolute atomic E-state index is 0.365. The van der Waals surface area contributed by atoms with E-state index in [2.05, 4.69) is 0 Å². The van der Waals surface area contributed by atoms with E-state index in [0.29, 0.717) is 0 Å². The molecule has 0 rings (SSSR count). The third-order valence-corrected chi connectivity index (χ3v) is 0.564. The summed E-state index contributed by atoms with van der Waals surface area (Å²) in [6.07, 6.45) is -6.77. The Morgan fingerprint density at radius 1 is 0.917 bits per heavy atom. The van der Waals surface area contributed by atoms with E-state index in [1.54, 1.807) is 0 Å². The second-order valence-corrected chi connectivity index (χ2v) is 1.54. The third-order valence-electron chi connectivity index (χ3n) is 0.564. The SMILES string of the molecule is FC(F)=C(F)F.OCC(O)CO. The minimum atomic E-state index is -2.91. The fraction of sp³-hybridized carbons (Fsp3) is 0.600. The zero-order valence-corrected chi connectivity index (χ0v) is 5.85. The normalized spacial score (nSPS) is 9.00. The van der Waals surface area contributed by atoms with Crippen LogP contribution in [0.4, 0.5) is 17.6 Å². The Hall–Kier alpha value is -0.660. The largest absolute Gasteiger partial charge is 0.394 e. The van der Waals surface area contributed by atoms with Crippen LogP contribution in [-0.2, 0) is 0 Å². The van der Waals surface area contributed by atoms with Crippen molar-refractivity contribution in [1.29, 1.82) is 0 Å². The Bertz CT molecular complexity index is 117. The van der Waals surface area contributed by atoms with Gasteiger partial charge in [0.15, 0.2) is 0 Å². The van der Waals surface area contributed by atoms with Crippen LogP contribution in [0.3, 0.4) is 0 Å². The molecule has 0 aromatic carbocycles. The summed E-state index contributed by atoms with van der Waals surface area (Å²) in [5.41, 5.74) is 0. The Kier molecular flexibility index (Phi) is 9.77. The van der Waals surface area contributed by atoms with Crippen LogP contribution < -0.4 is 0 Å². The summed E-state index contributed by atoms with van der Waals surface area (Å²) in [6, 6.07) is 0. The predicted octanol–water partition coefficient (Wildman–Crippen LogP) is 0.323. The monoisotopic (exact) mass is 192 g/mol. The highest BCUT2D eigenvalue weighted by Gasteiger charge is 1.98. The first kappa shape index (κ1) is 13.9. The maximum absolute atomic E-state index is 10.3. The molecule has 0 aromatic heterocycles. The van der Waals surface area contributed by atoms with Gasteiger partial charge in [0, 0.05) is 0 Å². The summed E-state index contributed by atoms with van der Waals surface area (Å²) in [6.45, 7) is -0.729. The van der Waals surface area contributed by atoms with Crippen LogP contribution in [0.2, 0.25) is 0 Å². The average molecular weight is 192 g/mol. The fourth-order valence-electron chi connectivity index (χ4n) is 0.0577. The van der Waals surface area contributed by atoms with E-state index in [4.69, 9.17) is 15.3 Å². The Morgan fingerprint density at radius 2 is 1.17 bits per heavy atom. The Balaban J connectivity index is 0. The summed E-state index contributed by atoms with van der Waals surface area (Å²) in [7, 11) is 0. The standard InChI is InChI=1S/C3H8O3.C2F4/c4-1-3(6)2-5;3-1(4)2(5)6/h3-6H,1-2H2;. The molecule has 0 bridgehead atoms. The maximum atomic E-state index is 10.3. The van der Waals surface area contributed by atoms with Crippen LogP contribution in [0.25, 0.3) is 0 Å². The van der Waals surface area contributed by atoms with Gasteiger partial charge in [0.05, 0.1) is 13.2 Å². The lowest BCUT2D eigenvalue weighted by Gasteiger charge is -1.96. The Morgan fingerprint density at radius 3 is 1.17 bits per heavy atom. The molecule has 12 heavy (non-hydrogen) atoms. The molecule has 0 aliphatic rings. The van der Waals surface area contributed by atoms with E-state index < -0.39 is 18.3 Å². The van der Waals surface area contributed by atoms with Crippen LogP contribution in [0, 0.1) is 0 Å². The van der Waals surface area contributed by atoms with Crippen molar-refractivity contribution in [3.05, 3.63) is 12.2 Å². The number of halogens is 4. The van der Waals surface area contributed by atoms with Crippen LogP contribution in [-0.4, -0.2) is 34.6 Å². The summed E-state index contributed by atoms with van der Waals surface area (Å²) in [5, 5.41) is 24.0. The summed E-state index contributed by atoms with van der Waals surface area (Å²) < 4.78 is 41.1. The summed E-state index contributed by atoms with van der Waals surface area (Å²) >= 11 is 0. The molecular weight excluding hydrogens is 184 g/mol. The van der Waals surface area contributed by atoms with Crippen LogP contribution >= 0.6 is 0 Å². The first-order valence-corrected chi connectivity index (χ1v) is 2.71. The van der Waals surface area contributed by atoms with Crippen LogP contribution in [0.15, 0.2) is 12.2 Å². The van der Waals surface area contributed by atoms with Gasteiger partial charge in [0.1, 0.15) is 6.10 Å². The zero-order valence-electron chi connectivity index (χ0n) is 5.85. The molecule has 0 aliphatic heterocycles. The first-order chi connectivity index (χ1) is 5.45. The average Bonchev–Trinajstić information content (AvgIpc) is 2.04. The molecule has 0 spiro atoms. The lowest BCUT2D eigenvalue weighted by atomic mass is 10.4. The van der Waals surface area contributed by atoms with Crippen molar-refractivity contribution in [1.82, 2.24) is 0 Å². The van der Waals surface area contributed by atoms with Gasteiger partial charge in [-0.25, -0.2) is 0 Å². The van der Waals surface area contributed by atoms with E-state index in [9.17, 15) is 17.6 Å². The molecule has 3 N–H and O–H groups in total. The lowest BCUT2D eigenvalue weighted by molar-refractivity contribution is 0.0450. The molecular formula is C5H8F4O3. The molecule has 74 valence electrons. The molecule has 3 nitrogen and oxygen atoms in total. The molecule has 0 saturated carbocycles. The molecule has 0 aliphatic carbocycles. The molecule has 0 fully saturated rings. The van der Waals surface area contributed by atoms with Crippen molar-refractivity contribution in [2.45, 2.75) is 6.10 Å². The third kappa shape index (κ3) is 12.1. The smallest absolute Gasteiger partial charge is 0.334 e. The highest BCUT2D eigenvalue weighted by molar-refractivity contribution is 4.77. The quantitative estimate of drug-likeness (QED) is 0.552. The van der Waals surface area contributed by atoms with E-state index in [-0.39, 0.29) is 13.2 Å². The Labute approximate surface area is 65.6 Å². The van der Waals surface area contributed by atoms with Gasteiger partial charge >= 0.3 is 12.2 Å². The molecule has 0 atom stereocenters. The van der Waals surface area contributed by atoms with Gasteiger partial charge in [0.2, 0.25) is 0 Å². The van der Waals surface area contributed by atoms with Crippen molar-refractivity contribution in [3.63, 3.8) is 0 Å². The highest BCUT2D eigenvalue weighted by atomic mass is 19.3. The predicted molar refractivity (Wildman–Crippen MR) is 31.6 cm³/mol. The van der Waals surface area contributed by atoms with Gasteiger partial charge in [-0.1, -0.05) is 0 Å². The number of aliphatic hydroxyl groups is 3. The van der Waals surface area contributed by atoms with Gasteiger partial charge in [-0.3, -0.25) is 0 Å². The summed E-state index contributed by atoms with van der Waals surface area (Å²) in [5.74, 6) is 0. The fourth-order valence-corrected chi connectivity index (χ4v) is 0.0577. The van der Waals surface area contributed by atoms with E-state index in [1.165, 1.54) is 0 Å². The maximum Gasteiger partial charge on any atom is 0.334 e. The van der Waals surface area contributed by atoms with E-state index >= 15 is 0 Å². The molecule has 0 unspecified atom stereocenters. The number of hydrogen-bond acceptors (Lipinski definition) is 3. The molecule has 0 heterocycles. The molecule has 0 saturated heterocycles.